The second-order valence-electron chi connectivity index (χ2n) is 16.2. The molecule has 1 aliphatic carbocycles. The van der Waals surface area contributed by atoms with Gasteiger partial charge in [-0.2, -0.15) is 0 Å². The summed E-state index contributed by atoms with van der Waals surface area (Å²) in [5.74, 6) is 0. The lowest BCUT2D eigenvalue weighted by Crippen LogP contribution is -2.23. The molecule has 1 atom stereocenters. The third kappa shape index (κ3) is 5.37. The van der Waals surface area contributed by atoms with E-state index in [4.69, 9.17) is 4.42 Å². The van der Waals surface area contributed by atoms with Crippen LogP contribution in [0.2, 0.25) is 0 Å². The average Bonchev–Trinajstić information content (AvgIpc) is 3.84. The molecule has 0 amide bonds. The number of nitrogens with zero attached hydrogens (tertiary/aromatic N) is 2. The van der Waals surface area contributed by atoms with Crippen molar-refractivity contribution < 1.29 is 4.42 Å². The molecule has 0 spiro atoms. The van der Waals surface area contributed by atoms with E-state index in [-0.39, 0.29) is 0 Å². The van der Waals surface area contributed by atoms with Gasteiger partial charge in [0.1, 0.15) is 11.2 Å². The third-order valence-corrected chi connectivity index (χ3v) is 12.9. The first-order valence-corrected chi connectivity index (χ1v) is 21.0. The Labute approximate surface area is 355 Å². The highest BCUT2D eigenvalue weighted by Crippen LogP contribution is 2.59. The highest BCUT2D eigenvalue weighted by Gasteiger charge is 2.44. The molecule has 10 aromatic carbocycles. The number of fused-ring (bicyclic) bond motifs is 9. The second-order valence-corrected chi connectivity index (χ2v) is 16.2. The quantitative estimate of drug-likeness (QED) is 0.161. The molecule has 3 heteroatoms. The Morgan fingerprint density at radius 2 is 0.918 bits per heavy atom. The van der Waals surface area contributed by atoms with Gasteiger partial charge < -0.3 is 14.2 Å². The SMILES string of the molecule is CC1(c2ccccc2)c2cc(N(c3ccccc3)c3cccc4ccccc34)ccc2-c2c1cc(N(c1ccccc1)c1cccc3ccccc13)c1c2oc2ccccc21. The molecule has 11 aromatic rings. The number of hydrogen-bond donors (Lipinski definition) is 0. The number of furan rings is 1. The largest absolute Gasteiger partial charge is 0.455 e. The van der Waals surface area contributed by atoms with Crippen LogP contribution in [0.5, 0.6) is 0 Å². The van der Waals surface area contributed by atoms with E-state index in [1.54, 1.807) is 0 Å². The van der Waals surface area contributed by atoms with Crippen LogP contribution in [0.15, 0.2) is 229 Å². The van der Waals surface area contributed by atoms with Crippen molar-refractivity contribution in [2.75, 3.05) is 9.80 Å². The minimum Gasteiger partial charge on any atom is -0.455 e. The van der Waals surface area contributed by atoms with E-state index in [2.05, 4.69) is 241 Å². The molecule has 0 saturated heterocycles. The third-order valence-electron chi connectivity index (χ3n) is 12.9. The monoisotopic (exact) mass is 780 g/mol. The molecule has 1 unspecified atom stereocenters. The Balaban J connectivity index is 1.18. The zero-order valence-electron chi connectivity index (χ0n) is 33.7. The lowest BCUT2D eigenvalue weighted by Gasteiger charge is -2.32. The Hall–Kier alpha value is -7.88. The van der Waals surface area contributed by atoms with Crippen LogP contribution in [0.4, 0.5) is 34.1 Å². The van der Waals surface area contributed by atoms with E-state index in [9.17, 15) is 0 Å². The summed E-state index contributed by atoms with van der Waals surface area (Å²) >= 11 is 0. The minimum absolute atomic E-state index is 0.550. The minimum atomic E-state index is -0.550. The molecule has 0 aliphatic heterocycles. The molecule has 288 valence electrons. The maximum atomic E-state index is 7.16. The van der Waals surface area contributed by atoms with Gasteiger partial charge in [0.15, 0.2) is 0 Å². The molecule has 3 nitrogen and oxygen atoms in total. The highest BCUT2D eigenvalue weighted by atomic mass is 16.3. The summed E-state index contributed by atoms with van der Waals surface area (Å²) < 4.78 is 7.16. The summed E-state index contributed by atoms with van der Waals surface area (Å²) in [6, 6.07) is 81.2. The van der Waals surface area contributed by atoms with Crippen molar-refractivity contribution in [1.29, 1.82) is 0 Å². The van der Waals surface area contributed by atoms with Crippen LogP contribution in [0, 0.1) is 0 Å². The van der Waals surface area contributed by atoms with Crippen molar-refractivity contribution in [3.8, 4) is 11.1 Å². The van der Waals surface area contributed by atoms with Gasteiger partial charge in [0, 0.05) is 44.2 Å². The van der Waals surface area contributed by atoms with Crippen molar-refractivity contribution in [2.45, 2.75) is 12.3 Å². The van der Waals surface area contributed by atoms with E-state index in [1.165, 1.54) is 43.8 Å². The zero-order valence-corrected chi connectivity index (χ0v) is 33.7. The first-order chi connectivity index (χ1) is 30.2. The van der Waals surface area contributed by atoms with Gasteiger partial charge in [-0.15, -0.1) is 0 Å². The predicted molar refractivity (Wildman–Crippen MR) is 256 cm³/mol. The normalized spacial score (nSPS) is 14.4. The van der Waals surface area contributed by atoms with Crippen LogP contribution in [-0.2, 0) is 5.41 Å². The molecule has 1 heterocycles. The predicted octanol–water partition coefficient (Wildman–Crippen LogP) is 16.2. The van der Waals surface area contributed by atoms with Crippen molar-refractivity contribution in [3.05, 3.63) is 241 Å². The second kappa shape index (κ2) is 13.9. The Kier molecular flexibility index (Phi) is 7.98. The summed E-state index contributed by atoms with van der Waals surface area (Å²) in [6.07, 6.45) is 0. The maximum absolute atomic E-state index is 7.16. The number of rotatable bonds is 7. The van der Waals surface area contributed by atoms with Gasteiger partial charge in [-0.25, -0.2) is 0 Å². The fourth-order valence-electron chi connectivity index (χ4n) is 10.0. The summed E-state index contributed by atoms with van der Waals surface area (Å²) in [6.45, 7) is 2.41. The van der Waals surface area contributed by atoms with E-state index in [1.807, 2.05) is 0 Å². The smallest absolute Gasteiger partial charge is 0.145 e. The summed E-state index contributed by atoms with van der Waals surface area (Å²) in [7, 11) is 0. The lowest BCUT2D eigenvalue weighted by molar-refractivity contribution is 0.667. The first-order valence-electron chi connectivity index (χ1n) is 21.0. The molecule has 0 saturated carbocycles. The number of para-hydroxylation sites is 3. The molecule has 0 radical (unpaired) electrons. The van der Waals surface area contributed by atoms with Crippen molar-refractivity contribution in [3.63, 3.8) is 0 Å². The number of anilines is 6. The van der Waals surface area contributed by atoms with Crippen LogP contribution < -0.4 is 9.80 Å². The average molecular weight is 781 g/mol. The lowest BCUT2D eigenvalue weighted by atomic mass is 9.74. The Morgan fingerprint density at radius 3 is 1.57 bits per heavy atom. The van der Waals surface area contributed by atoms with Crippen molar-refractivity contribution in [1.82, 2.24) is 0 Å². The molecule has 0 fully saturated rings. The summed E-state index contributed by atoms with van der Waals surface area (Å²) in [5, 5.41) is 6.97. The Morgan fingerprint density at radius 1 is 0.393 bits per heavy atom. The fourth-order valence-corrected chi connectivity index (χ4v) is 10.0. The maximum Gasteiger partial charge on any atom is 0.145 e. The topological polar surface area (TPSA) is 19.6 Å². The van der Waals surface area contributed by atoms with Gasteiger partial charge in [0.25, 0.3) is 0 Å². The molecule has 12 rings (SSSR count). The molecule has 1 aromatic heterocycles. The summed E-state index contributed by atoms with van der Waals surface area (Å²) in [4.78, 5) is 4.86. The number of hydrogen-bond acceptors (Lipinski definition) is 3. The van der Waals surface area contributed by atoms with Crippen LogP contribution in [0.3, 0.4) is 0 Å². The van der Waals surface area contributed by atoms with Crippen LogP contribution in [0.1, 0.15) is 23.6 Å². The molecule has 61 heavy (non-hydrogen) atoms. The van der Waals surface area contributed by atoms with Gasteiger partial charge in [0.2, 0.25) is 0 Å². The molecular formula is C58H40N2O. The van der Waals surface area contributed by atoms with Crippen LogP contribution in [-0.4, -0.2) is 0 Å². The van der Waals surface area contributed by atoms with Gasteiger partial charge in [-0.05, 0) is 101 Å². The molecular weight excluding hydrogens is 741 g/mol. The van der Waals surface area contributed by atoms with Crippen LogP contribution >= 0.6 is 0 Å². The summed E-state index contributed by atoms with van der Waals surface area (Å²) in [5.41, 5.74) is 13.8. The van der Waals surface area contributed by atoms with Gasteiger partial charge in [0.05, 0.1) is 22.4 Å². The van der Waals surface area contributed by atoms with E-state index in [0.29, 0.717) is 0 Å². The highest BCUT2D eigenvalue weighted by molar-refractivity contribution is 6.20. The van der Waals surface area contributed by atoms with Gasteiger partial charge in [-0.3, -0.25) is 0 Å². The molecule has 0 N–H and O–H groups in total. The Bertz CT molecular complexity index is 3440. The fraction of sp³-hybridized carbons (Fsp3) is 0.0345. The van der Waals surface area contributed by atoms with Crippen LogP contribution in [0.25, 0.3) is 54.6 Å². The van der Waals surface area contributed by atoms with Gasteiger partial charge in [-0.1, -0.05) is 164 Å². The molecule has 0 bridgehead atoms. The molecule has 1 aliphatic rings. The first kappa shape index (κ1) is 35.1. The van der Waals surface area contributed by atoms with Gasteiger partial charge >= 0.3 is 0 Å². The standard InChI is InChI=1S/C58H40N2O/c1-58(41-23-5-2-6-24-41)49-37-44(59(42-25-7-3-8-26-42)51-32-17-21-39-19-11-13-29-45(39)51)35-36-47(49)55-50(58)38-53(56-48-31-15-16-34-54(48)61-57(55)56)60(43-27-9-4-10-28-43)52-33-18-22-40-20-12-14-30-46(40)52/h2-38H,1H3. The zero-order chi connectivity index (χ0) is 40.5. The van der Waals surface area contributed by atoms with E-state index in [0.717, 1.165) is 61.6 Å². The van der Waals surface area contributed by atoms with E-state index < -0.39 is 5.41 Å². The van der Waals surface area contributed by atoms with E-state index >= 15 is 0 Å². The van der Waals surface area contributed by atoms with Crippen molar-refractivity contribution >= 4 is 77.6 Å². The number of benzene rings is 10. The van der Waals surface area contributed by atoms with Crippen molar-refractivity contribution in [2.24, 2.45) is 0 Å².